The van der Waals surface area contributed by atoms with Crippen molar-refractivity contribution >= 4 is 57.8 Å². The molecule has 2 aliphatic carbocycles. The van der Waals surface area contributed by atoms with E-state index >= 15 is 0 Å². The van der Waals surface area contributed by atoms with Gasteiger partial charge in [-0.3, -0.25) is 14.4 Å². The smallest absolute Gasteiger partial charge is 0.343 e. The number of aliphatic hydroxyl groups is 2. The highest BCUT2D eigenvalue weighted by molar-refractivity contribution is 6.33. The Kier molecular flexibility index (Phi) is 23.4. The number of benzene rings is 6. The lowest BCUT2D eigenvalue weighted by molar-refractivity contribution is -0.240. The van der Waals surface area contributed by atoms with Crippen LogP contribution >= 0.6 is 11.6 Å². The summed E-state index contributed by atoms with van der Waals surface area (Å²) in [5, 5.41) is 26.8. The molecular formula is C77H91ClFN3O15. The summed E-state index contributed by atoms with van der Waals surface area (Å²) in [4.78, 5) is 73.2. The maximum atomic E-state index is 14.1. The molecule has 2 saturated carbocycles. The quantitative estimate of drug-likeness (QED) is 0.0764. The van der Waals surface area contributed by atoms with Crippen LogP contribution in [-0.2, 0) is 56.0 Å². The summed E-state index contributed by atoms with van der Waals surface area (Å²) in [5.74, 6) is -2.51. The summed E-state index contributed by atoms with van der Waals surface area (Å²) in [7, 11) is 4.94. The number of rotatable bonds is 14. The molecule has 4 saturated heterocycles. The van der Waals surface area contributed by atoms with Crippen molar-refractivity contribution in [2.45, 2.75) is 164 Å². The molecule has 6 aromatic carbocycles. The zero-order valence-corrected chi connectivity index (χ0v) is 58.9. The van der Waals surface area contributed by atoms with Crippen molar-refractivity contribution in [2.24, 2.45) is 28.1 Å². The van der Waals surface area contributed by atoms with Crippen molar-refractivity contribution in [3.8, 4) is 34.3 Å². The lowest BCUT2D eigenvalue weighted by Gasteiger charge is -2.48. The minimum Gasteiger partial charge on any atom is -0.497 e. The second kappa shape index (κ2) is 30.5. The number of anilines is 1. The SMILES string of the molecule is CCC(C)N(C)C(=O)c1cc2ccccc2c(-c2ccccc2Cl)n1.COc1ccc(OC)c(CN(C(C)=O)c2cc(F)ccc2Oc2ccccc2)c1.C[11CH3].C[11CH3].C[11CH3].C[C@@H]1C(=O)O[C@H]2[C@H](O)C34C5C[C@@H](C(C)(C)C)C36C(OC(=O)[C@@H]6OCc3ccccc3)O[C@]4(C(=O)O5)[C@@]12O. The molecule has 12 atom stereocenters. The number of hydrogen-bond acceptors (Lipinski definition) is 16. The molecule has 0 bridgehead atoms. The van der Waals surface area contributed by atoms with Crippen LogP contribution in [0.3, 0.4) is 0 Å². The Bertz CT molecular complexity index is 3950. The maximum absolute atomic E-state index is 14.1. The van der Waals surface area contributed by atoms with Gasteiger partial charge < -0.3 is 57.9 Å². The van der Waals surface area contributed by atoms with E-state index in [4.69, 9.17) is 54.5 Å². The van der Waals surface area contributed by atoms with Gasteiger partial charge in [0.1, 0.15) is 41.0 Å². The van der Waals surface area contributed by atoms with E-state index in [0.29, 0.717) is 45.8 Å². The molecule has 4 aliphatic heterocycles. The van der Waals surface area contributed by atoms with Gasteiger partial charge in [-0.15, -0.1) is 0 Å². The molecule has 6 fully saturated rings. The highest BCUT2D eigenvalue weighted by Crippen LogP contribution is 2.85. The van der Waals surface area contributed by atoms with Gasteiger partial charge in [0, 0.05) is 47.6 Å². The van der Waals surface area contributed by atoms with Gasteiger partial charge in [0.25, 0.3) is 5.91 Å². The summed E-state index contributed by atoms with van der Waals surface area (Å²) in [6.07, 6.45) is -5.27. The van der Waals surface area contributed by atoms with Gasteiger partial charge in [-0.25, -0.2) is 19.0 Å². The molecular weight excluding hydrogens is 1260 g/mol. The Labute approximate surface area is 573 Å². The zero-order chi connectivity index (χ0) is 71.1. The normalized spacial score (nSPS) is 25.8. The third kappa shape index (κ3) is 12.7. The number of esters is 3. The zero-order valence-electron chi connectivity index (χ0n) is 58.2. The molecule has 1 aromatic heterocycles. The molecule has 18 nitrogen and oxygen atoms in total. The van der Waals surface area contributed by atoms with E-state index in [0.717, 1.165) is 39.6 Å². The van der Waals surface area contributed by atoms with Crippen LogP contribution in [0.5, 0.6) is 23.0 Å². The Balaban J connectivity index is 0.000000182. The number of para-hydroxylation sites is 1. The number of carbonyl (C=O) groups excluding carboxylic acids is 5. The summed E-state index contributed by atoms with van der Waals surface area (Å²) in [6.45, 7) is 25.2. The van der Waals surface area contributed by atoms with Crippen LogP contribution in [0.25, 0.3) is 22.0 Å². The number of carbonyl (C=O) groups is 5. The first-order valence-electron chi connectivity index (χ1n) is 33.2. The van der Waals surface area contributed by atoms with Crippen molar-refractivity contribution < 1.29 is 76.5 Å². The van der Waals surface area contributed by atoms with Gasteiger partial charge in [-0.1, -0.05) is 172 Å². The maximum Gasteiger partial charge on any atom is 0.343 e. The van der Waals surface area contributed by atoms with Gasteiger partial charge in [0.05, 0.1) is 55.5 Å². The van der Waals surface area contributed by atoms with Crippen LogP contribution < -0.4 is 19.1 Å². The van der Waals surface area contributed by atoms with Gasteiger partial charge in [0.2, 0.25) is 17.8 Å². The number of methoxy groups -OCH3 is 2. The highest BCUT2D eigenvalue weighted by atomic mass is 35.5. The Morgan fingerprint density at radius 3 is 2.04 bits per heavy atom. The standard InChI is InChI=1S/C27H30O10.C23H22FNO4.C21H21ClN2O.3C2H6/c1-12-19(29)35-17-16(28)25-15-10-14(23(2,3)4)24(25)18(33-11-13-8-6-5-7-9-13)20(30)36-22(24)37-27(25,21(31)34-15)26(12,17)32;1-16(26)25(15-17-13-20(27-2)10-12-22(17)28-3)21-14-18(24)9-11-23(21)29-19-7-5-4-6-8-19;1-4-14(2)24(3)21(25)19-13-15-9-5-6-10-16(15)20(23-19)17-11-7-8-12-18(17)22;3*1-2/h5-9,12,14-18,22,28,32H,10-11H2,1-4H3;4-14H,15H2,1-3H3;5-14H,4H2,1-3H3;3*1-2H3/t12-,14+,15?,16+,17+,18+,22?,24?,25?,26-,27+;;;;;/m1...../s1/i;;;3*1-1. The molecule has 2 spiro atoms. The predicted molar refractivity (Wildman–Crippen MR) is 368 cm³/mol. The summed E-state index contributed by atoms with van der Waals surface area (Å²) in [6, 6.07) is 45.4. The molecule has 2 amide bonds. The number of amides is 2. The van der Waals surface area contributed by atoms with Crippen molar-refractivity contribution in [2.75, 3.05) is 26.2 Å². The van der Waals surface area contributed by atoms with Crippen LogP contribution in [0.1, 0.15) is 124 Å². The summed E-state index contributed by atoms with van der Waals surface area (Å²) in [5.41, 5.74) is -4.06. The number of pyridine rings is 1. The molecule has 0 radical (unpaired) electrons. The minimum absolute atomic E-state index is 0.0731. The monoisotopic (exact) mass is 1350 g/mol. The molecule has 20 heteroatoms. The second-order valence-electron chi connectivity index (χ2n) is 25.0. The summed E-state index contributed by atoms with van der Waals surface area (Å²) < 4.78 is 60.6. The van der Waals surface area contributed by atoms with Crippen LogP contribution in [0.15, 0.2) is 152 Å². The van der Waals surface area contributed by atoms with E-state index in [-0.39, 0.29) is 36.9 Å². The van der Waals surface area contributed by atoms with Crippen molar-refractivity contribution in [3.63, 3.8) is 0 Å². The topological polar surface area (TPSA) is 219 Å². The number of fused-ring (bicyclic) bond motifs is 2. The fourth-order valence-corrected chi connectivity index (χ4v) is 15.0. The fourth-order valence-electron chi connectivity index (χ4n) is 14.8. The molecule has 7 aromatic rings. The number of ether oxygens (including phenoxy) is 8. The third-order valence-electron chi connectivity index (χ3n) is 19.3. The number of hydrogen-bond donors (Lipinski definition) is 2. The number of halogens is 2. The van der Waals surface area contributed by atoms with Crippen LogP contribution in [-0.4, -0.2) is 119 Å². The van der Waals surface area contributed by atoms with E-state index in [1.165, 1.54) is 36.9 Å². The molecule has 5 unspecified atom stereocenters. The van der Waals surface area contributed by atoms with Crippen molar-refractivity contribution in [1.82, 2.24) is 9.88 Å². The van der Waals surface area contributed by atoms with Crippen LogP contribution in [0.4, 0.5) is 10.1 Å². The first kappa shape index (κ1) is 74.3. The van der Waals surface area contributed by atoms with E-state index < -0.39 is 87.8 Å². The Hall–Kier alpha value is -8.46. The molecule has 5 heterocycles. The van der Waals surface area contributed by atoms with Crippen molar-refractivity contribution in [3.05, 3.63) is 179 Å². The molecule has 13 rings (SSSR count). The Morgan fingerprint density at radius 2 is 1.41 bits per heavy atom. The molecule has 97 heavy (non-hydrogen) atoms. The average molecular weight is 1350 g/mol. The van der Waals surface area contributed by atoms with Gasteiger partial charge in [-0.2, -0.15) is 0 Å². The first-order valence-corrected chi connectivity index (χ1v) is 33.6. The number of nitrogens with zero attached hydrogens (tertiary/aromatic N) is 3. The van der Waals surface area contributed by atoms with E-state index in [1.807, 2.05) is 179 Å². The number of aliphatic hydroxyl groups excluding tert-OH is 1. The largest absolute Gasteiger partial charge is 0.497 e. The van der Waals surface area contributed by atoms with Crippen LogP contribution in [0.2, 0.25) is 5.02 Å². The summed E-state index contributed by atoms with van der Waals surface area (Å²) >= 11 is 6.39. The lowest BCUT2D eigenvalue weighted by Crippen LogP contribution is -2.67. The van der Waals surface area contributed by atoms with Gasteiger partial charge in [-0.05, 0) is 104 Å². The van der Waals surface area contributed by atoms with Gasteiger partial charge in [0.15, 0.2) is 23.6 Å². The third-order valence-corrected chi connectivity index (χ3v) is 19.6. The van der Waals surface area contributed by atoms with E-state index in [9.17, 15) is 38.6 Å². The predicted octanol–water partition coefficient (Wildman–Crippen LogP) is 14.5. The van der Waals surface area contributed by atoms with Crippen molar-refractivity contribution in [1.29, 1.82) is 0 Å². The van der Waals surface area contributed by atoms with E-state index in [1.54, 1.807) is 49.5 Å². The van der Waals surface area contributed by atoms with Crippen LogP contribution in [0, 0.1) is 33.9 Å². The highest BCUT2D eigenvalue weighted by Gasteiger charge is 3.04. The fraction of sp³-hybridized carbons (Fsp3) is 0.429. The molecule has 518 valence electrons. The molecule has 2 N–H and O–H groups in total. The van der Waals surface area contributed by atoms with Gasteiger partial charge >= 0.3 is 17.9 Å². The molecule has 6 aliphatic rings. The average Bonchev–Trinajstić information content (AvgIpc) is 1.42. The Morgan fingerprint density at radius 1 is 0.784 bits per heavy atom. The number of aromatic nitrogens is 1. The second-order valence-corrected chi connectivity index (χ2v) is 25.4. The van der Waals surface area contributed by atoms with E-state index in [2.05, 4.69) is 6.92 Å². The lowest BCUT2D eigenvalue weighted by atomic mass is 9.51. The first-order chi connectivity index (χ1) is 46.4. The minimum atomic E-state index is -2.23.